The summed E-state index contributed by atoms with van der Waals surface area (Å²) in [4.78, 5) is 31.9. The van der Waals surface area contributed by atoms with Gasteiger partial charge in [0.2, 0.25) is 0 Å². The zero-order valence-electron chi connectivity index (χ0n) is 18.2. The van der Waals surface area contributed by atoms with E-state index in [1.165, 1.54) is 4.90 Å². The highest BCUT2D eigenvalue weighted by atomic mass is 16.5. The fourth-order valence-corrected chi connectivity index (χ4v) is 3.94. The number of rotatable bonds is 5. The molecule has 2 heterocycles. The van der Waals surface area contributed by atoms with Gasteiger partial charge in [0.1, 0.15) is 11.5 Å². The van der Waals surface area contributed by atoms with Crippen LogP contribution >= 0.6 is 0 Å². The van der Waals surface area contributed by atoms with E-state index in [4.69, 9.17) is 4.74 Å². The van der Waals surface area contributed by atoms with Gasteiger partial charge in [0, 0.05) is 24.5 Å². The van der Waals surface area contributed by atoms with Gasteiger partial charge in [0.25, 0.3) is 11.7 Å². The lowest BCUT2D eigenvalue weighted by atomic mass is 9.95. The number of amides is 1. The molecule has 0 aliphatic carbocycles. The fourth-order valence-electron chi connectivity index (χ4n) is 3.94. The second-order valence-electron chi connectivity index (χ2n) is 7.86. The van der Waals surface area contributed by atoms with Crippen molar-refractivity contribution >= 4 is 17.4 Å². The molecule has 1 aliphatic rings. The van der Waals surface area contributed by atoms with Crippen LogP contribution in [0.1, 0.15) is 33.9 Å². The van der Waals surface area contributed by atoms with Gasteiger partial charge in [-0.25, -0.2) is 0 Å². The summed E-state index contributed by atoms with van der Waals surface area (Å²) in [5.74, 6) is -0.898. The smallest absolute Gasteiger partial charge is 0.295 e. The van der Waals surface area contributed by atoms with E-state index in [9.17, 15) is 14.7 Å². The molecular formula is C26H24N2O4. The number of hydrogen-bond acceptors (Lipinski definition) is 5. The van der Waals surface area contributed by atoms with Crippen molar-refractivity contribution in [2.24, 2.45) is 0 Å². The number of benzene rings is 2. The van der Waals surface area contributed by atoms with Crippen molar-refractivity contribution in [1.82, 2.24) is 9.88 Å². The zero-order valence-corrected chi connectivity index (χ0v) is 18.2. The van der Waals surface area contributed by atoms with Crippen LogP contribution in [0.5, 0.6) is 5.75 Å². The summed E-state index contributed by atoms with van der Waals surface area (Å²) in [5.41, 5.74) is 4.09. The van der Waals surface area contributed by atoms with Gasteiger partial charge in [-0.05, 0) is 60.4 Å². The summed E-state index contributed by atoms with van der Waals surface area (Å²) in [5, 5.41) is 11.2. The number of hydrogen-bond donors (Lipinski definition) is 1. The monoisotopic (exact) mass is 428 g/mol. The number of carbonyl (C=O) groups excluding carboxylic acids is 2. The van der Waals surface area contributed by atoms with Crippen molar-refractivity contribution < 1.29 is 19.4 Å². The minimum atomic E-state index is -0.753. The number of likely N-dealkylation sites (tertiary alicyclic amines) is 1. The zero-order chi connectivity index (χ0) is 22.8. The first kappa shape index (κ1) is 21.3. The SMILES string of the molecule is COc1cccc(CN2C(=O)C(=O)/C(=C(\O)c3ccc(C)c(C)c3)C2c2cccnc2)c1. The summed E-state index contributed by atoms with van der Waals surface area (Å²) < 4.78 is 5.29. The molecule has 1 amide bonds. The van der Waals surface area contributed by atoms with E-state index in [2.05, 4.69) is 4.98 Å². The molecule has 1 N–H and O–H groups in total. The molecule has 0 saturated carbocycles. The third-order valence-electron chi connectivity index (χ3n) is 5.81. The largest absolute Gasteiger partial charge is 0.507 e. The first-order valence-electron chi connectivity index (χ1n) is 10.3. The second-order valence-corrected chi connectivity index (χ2v) is 7.86. The second kappa shape index (κ2) is 8.67. The van der Waals surface area contributed by atoms with Crippen molar-refractivity contribution in [2.45, 2.75) is 26.4 Å². The van der Waals surface area contributed by atoms with Crippen LogP contribution < -0.4 is 4.74 Å². The predicted molar refractivity (Wildman–Crippen MR) is 121 cm³/mol. The molecule has 0 bridgehead atoms. The van der Waals surface area contributed by atoms with Crippen LogP contribution in [-0.4, -0.2) is 33.8 Å². The Kier molecular flexibility index (Phi) is 5.77. The normalized spacial score (nSPS) is 17.6. The molecule has 3 aromatic rings. The van der Waals surface area contributed by atoms with Crippen LogP contribution in [0.2, 0.25) is 0 Å². The van der Waals surface area contributed by atoms with Gasteiger partial charge in [-0.1, -0.05) is 30.3 Å². The molecule has 4 rings (SSSR count). The van der Waals surface area contributed by atoms with Crippen LogP contribution in [0.4, 0.5) is 0 Å². The molecule has 1 atom stereocenters. The van der Waals surface area contributed by atoms with Crippen molar-refractivity contribution in [3.63, 3.8) is 0 Å². The van der Waals surface area contributed by atoms with E-state index in [-0.39, 0.29) is 17.9 Å². The highest BCUT2D eigenvalue weighted by Gasteiger charge is 2.46. The standard InChI is InChI=1S/C26H24N2O4/c1-16-9-10-19(12-17(16)2)24(29)22-23(20-7-5-11-27-14-20)28(26(31)25(22)30)15-18-6-4-8-21(13-18)32-3/h4-14,23,29H,15H2,1-3H3/b24-22-. The molecule has 1 unspecified atom stereocenters. The topological polar surface area (TPSA) is 79.7 Å². The van der Waals surface area contributed by atoms with Gasteiger partial charge in [-0.15, -0.1) is 0 Å². The number of pyridine rings is 1. The van der Waals surface area contributed by atoms with Crippen LogP contribution in [0.3, 0.4) is 0 Å². The van der Waals surface area contributed by atoms with Gasteiger partial charge in [0.05, 0.1) is 18.7 Å². The van der Waals surface area contributed by atoms with Crippen molar-refractivity contribution in [2.75, 3.05) is 7.11 Å². The third-order valence-corrected chi connectivity index (χ3v) is 5.81. The maximum Gasteiger partial charge on any atom is 0.295 e. The molecule has 1 aromatic heterocycles. The van der Waals surface area contributed by atoms with E-state index < -0.39 is 17.7 Å². The molecule has 1 aliphatic heterocycles. The summed E-state index contributed by atoms with van der Waals surface area (Å²) in [6.45, 7) is 4.10. The minimum Gasteiger partial charge on any atom is -0.507 e. The molecule has 1 saturated heterocycles. The van der Waals surface area contributed by atoms with Gasteiger partial charge < -0.3 is 14.7 Å². The quantitative estimate of drug-likeness (QED) is 0.372. The number of aliphatic hydroxyl groups excluding tert-OH is 1. The van der Waals surface area contributed by atoms with Crippen LogP contribution in [0.25, 0.3) is 5.76 Å². The van der Waals surface area contributed by atoms with Gasteiger partial charge >= 0.3 is 0 Å². The first-order valence-corrected chi connectivity index (χ1v) is 10.3. The first-order chi connectivity index (χ1) is 15.4. The average molecular weight is 428 g/mol. The Morgan fingerprint density at radius 2 is 1.88 bits per heavy atom. The average Bonchev–Trinajstić information content (AvgIpc) is 3.06. The van der Waals surface area contributed by atoms with Gasteiger partial charge in [-0.3, -0.25) is 14.6 Å². The number of nitrogens with zero attached hydrogens (tertiary/aromatic N) is 2. The number of aromatic nitrogens is 1. The van der Waals surface area contributed by atoms with Crippen LogP contribution in [0, 0.1) is 13.8 Å². The Hall–Kier alpha value is -3.93. The van der Waals surface area contributed by atoms with Crippen LogP contribution in [0.15, 0.2) is 72.6 Å². The molecule has 0 radical (unpaired) electrons. The number of aliphatic hydroxyl groups is 1. The number of methoxy groups -OCH3 is 1. The summed E-state index contributed by atoms with van der Waals surface area (Å²) in [6, 6.07) is 15.6. The highest BCUT2D eigenvalue weighted by Crippen LogP contribution is 2.40. The molecular weight excluding hydrogens is 404 g/mol. The maximum atomic E-state index is 13.1. The Labute approximate surface area is 186 Å². The third kappa shape index (κ3) is 3.87. The Morgan fingerprint density at radius 1 is 1.06 bits per heavy atom. The number of carbonyl (C=O) groups is 2. The molecule has 1 fully saturated rings. The molecule has 6 heteroatoms. The Balaban J connectivity index is 1.84. The summed E-state index contributed by atoms with van der Waals surface area (Å²) in [6.07, 6.45) is 3.24. The Morgan fingerprint density at radius 3 is 2.56 bits per heavy atom. The summed E-state index contributed by atoms with van der Waals surface area (Å²) in [7, 11) is 1.57. The van der Waals surface area contributed by atoms with Gasteiger partial charge in [0.15, 0.2) is 0 Å². The fraction of sp³-hybridized carbons (Fsp3) is 0.192. The number of ether oxygens (including phenoxy) is 1. The highest BCUT2D eigenvalue weighted by molar-refractivity contribution is 6.46. The number of aryl methyl sites for hydroxylation is 2. The lowest BCUT2D eigenvalue weighted by molar-refractivity contribution is -0.140. The van der Waals surface area contributed by atoms with Crippen LogP contribution in [-0.2, 0) is 16.1 Å². The van der Waals surface area contributed by atoms with Crippen molar-refractivity contribution in [1.29, 1.82) is 0 Å². The summed E-state index contributed by atoms with van der Waals surface area (Å²) >= 11 is 0. The molecule has 32 heavy (non-hydrogen) atoms. The minimum absolute atomic E-state index is 0.0640. The van der Waals surface area contributed by atoms with E-state index in [1.54, 1.807) is 37.7 Å². The van der Waals surface area contributed by atoms with Crippen molar-refractivity contribution in [3.8, 4) is 5.75 Å². The molecule has 6 nitrogen and oxygen atoms in total. The van der Waals surface area contributed by atoms with E-state index >= 15 is 0 Å². The number of Topliss-reactive ketones (excluding diaryl/α,β-unsaturated/α-hetero) is 1. The molecule has 2 aromatic carbocycles. The van der Waals surface area contributed by atoms with E-state index in [1.807, 2.05) is 50.2 Å². The van der Waals surface area contributed by atoms with Crippen molar-refractivity contribution in [3.05, 3.63) is 100 Å². The van der Waals surface area contributed by atoms with E-state index in [0.717, 1.165) is 16.7 Å². The lowest BCUT2D eigenvalue weighted by Crippen LogP contribution is -2.29. The van der Waals surface area contributed by atoms with Gasteiger partial charge in [-0.2, -0.15) is 0 Å². The predicted octanol–water partition coefficient (Wildman–Crippen LogP) is 4.33. The molecule has 162 valence electrons. The Bertz CT molecular complexity index is 1220. The molecule has 0 spiro atoms. The number of ketones is 1. The van der Waals surface area contributed by atoms with E-state index in [0.29, 0.717) is 16.9 Å². The lowest BCUT2D eigenvalue weighted by Gasteiger charge is -2.25. The maximum absolute atomic E-state index is 13.1.